The molecule has 0 saturated heterocycles. The maximum Gasteiger partial charge on any atom is 0.287 e. The fourth-order valence-electron chi connectivity index (χ4n) is 5.30. The zero-order chi connectivity index (χ0) is 18.0. The molecule has 2 saturated carbocycles. The molecule has 3 heteroatoms. The van der Waals surface area contributed by atoms with E-state index in [4.69, 9.17) is 0 Å². The Kier molecular flexibility index (Phi) is 5.75. The summed E-state index contributed by atoms with van der Waals surface area (Å²) in [6, 6.07) is 0. The summed E-state index contributed by atoms with van der Waals surface area (Å²) < 4.78 is 0. The molecule has 2 fully saturated rings. The number of rotatable bonds is 4. The van der Waals surface area contributed by atoms with Gasteiger partial charge >= 0.3 is 0 Å². The highest BCUT2D eigenvalue weighted by atomic mass is 16.3. The molecular formula is C22H32BO2. The summed E-state index contributed by atoms with van der Waals surface area (Å²) in [6.45, 7) is 8.84. The van der Waals surface area contributed by atoms with Crippen LogP contribution >= 0.6 is 0 Å². The minimum absolute atomic E-state index is 0.206. The van der Waals surface area contributed by atoms with Crippen LogP contribution in [0.1, 0.15) is 58.8 Å². The van der Waals surface area contributed by atoms with Gasteiger partial charge in [0.25, 0.3) is 7.48 Å². The lowest BCUT2D eigenvalue weighted by Gasteiger charge is -2.42. The van der Waals surface area contributed by atoms with Crippen molar-refractivity contribution in [1.29, 1.82) is 0 Å². The Balaban J connectivity index is 1.80. The van der Waals surface area contributed by atoms with Gasteiger partial charge in [-0.3, -0.25) is 0 Å². The number of fused-ring (bicyclic) bond motifs is 1. The molecule has 0 aromatic carbocycles. The molecule has 1 radical (unpaired) electrons. The summed E-state index contributed by atoms with van der Waals surface area (Å²) >= 11 is 0. The van der Waals surface area contributed by atoms with Crippen LogP contribution in [0.3, 0.4) is 0 Å². The van der Waals surface area contributed by atoms with E-state index in [1.54, 1.807) is 11.1 Å². The van der Waals surface area contributed by atoms with Gasteiger partial charge in [0.05, 0.1) is 6.10 Å². The van der Waals surface area contributed by atoms with Gasteiger partial charge < -0.3 is 10.1 Å². The van der Waals surface area contributed by atoms with Crippen LogP contribution in [0.4, 0.5) is 0 Å². The van der Waals surface area contributed by atoms with Gasteiger partial charge in [0.1, 0.15) is 0 Å². The van der Waals surface area contributed by atoms with E-state index in [0.29, 0.717) is 11.8 Å². The molecule has 3 unspecified atom stereocenters. The van der Waals surface area contributed by atoms with E-state index in [2.05, 4.69) is 38.7 Å². The van der Waals surface area contributed by atoms with Gasteiger partial charge in [0.2, 0.25) is 0 Å². The van der Waals surface area contributed by atoms with Crippen LogP contribution in [0.15, 0.2) is 47.1 Å². The van der Waals surface area contributed by atoms with Crippen molar-refractivity contribution >= 4 is 7.48 Å². The van der Waals surface area contributed by atoms with Crippen LogP contribution in [-0.2, 0) is 0 Å². The van der Waals surface area contributed by atoms with Gasteiger partial charge in [0, 0.05) is 0 Å². The summed E-state index contributed by atoms with van der Waals surface area (Å²) in [5.41, 5.74) is 5.76. The molecule has 25 heavy (non-hydrogen) atoms. The van der Waals surface area contributed by atoms with E-state index < -0.39 is 0 Å². The summed E-state index contributed by atoms with van der Waals surface area (Å²) in [5.74, 6) is 1.02. The van der Waals surface area contributed by atoms with Crippen molar-refractivity contribution in [3.05, 3.63) is 47.1 Å². The van der Waals surface area contributed by atoms with E-state index in [0.717, 1.165) is 32.0 Å². The van der Waals surface area contributed by atoms with E-state index in [-0.39, 0.29) is 11.5 Å². The predicted octanol–water partition coefficient (Wildman–Crippen LogP) is 4.74. The second-order valence-corrected chi connectivity index (χ2v) is 8.47. The van der Waals surface area contributed by atoms with Gasteiger partial charge in [-0.1, -0.05) is 55.4 Å². The Morgan fingerprint density at radius 2 is 2.20 bits per heavy atom. The molecule has 3 aliphatic carbocycles. The van der Waals surface area contributed by atoms with E-state index in [1.807, 2.05) is 0 Å². The zero-order valence-corrected chi connectivity index (χ0v) is 15.8. The number of aliphatic hydroxyl groups excluding tert-OH is 1. The molecule has 0 aromatic heterocycles. The molecule has 4 atom stereocenters. The largest absolute Gasteiger partial charge is 0.454 e. The normalized spacial score (nSPS) is 37.1. The first-order chi connectivity index (χ1) is 12.0. The second-order valence-electron chi connectivity index (χ2n) is 8.47. The number of allylic oxidation sites excluding steroid dienone is 6. The van der Waals surface area contributed by atoms with Gasteiger partial charge in [-0.05, 0) is 74.1 Å². The topological polar surface area (TPSA) is 40.5 Å². The first-order valence-electron chi connectivity index (χ1n) is 9.88. The molecule has 0 spiro atoms. The highest BCUT2D eigenvalue weighted by Gasteiger charge is 2.45. The Bertz CT molecular complexity index is 616. The molecule has 0 aromatic rings. The molecule has 3 rings (SSSR count). The summed E-state index contributed by atoms with van der Waals surface area (Å²) in [5, 5.41) is 19.1. The smallest absolute Gasteiger partial charge is 0.287 e. The minimum Gasteiger partial charge on any atom is -0.454 e. The first kappa shape index (κ1) is 18.7. The van der Waals surface area contributed by atoms with Crippen molar-refractivity contribution in [3.8, 4) is 0 Å². The number of hydrogen-bond acceptors (Lipinski definition) is 2. The van der Waals surface area contributed by atoms with Crippen molar-refractivity contribution < 1.29 is 10.1 Å². The van der Waals surface area contributed by atoms with Crippen molar-refractivity contribution in [2.45, 2.75) is 71.2 Å². The quantitative estimate of drug-likeness (QED) is 0.574. The van der Waals surface area contributed by atoms with E-state index >= 15 is 0 Å². The van der Waals surface area contributed by atoms with Crippen molar-refractivity contribution in [2.75, 3.05) is 0 Å². The van der Waals surface area contributed by atoms with Crippen molar-refractivity contribution in [2.24, 2.45) is 17.3 Å². The van der Waals surface area contributed by atoms with Gasteiger partial charge in [-0.25, -0.2) is 0 Å². The van der Waals surface area contributed by atoms with Crippen LogP contribution in [0.2, 0.25) is 6.32 Å². The molecule has 135 valence electrons. The third-order valence-electron chi connectivity index (χ3n) is 6.79. The maximum atomic E-state index is 9.94. The van der Waals surface area contributed by atoms with Crippen LogP contribution in [0, 0.1) is 17.3 Å². The Morgan fingerprint density at radius 1 is 1.40 bits per heavy atom. The molecule has 2 nitrogen and oxygen atoms in total. The van der Waals surface area contributed by atoms with Crippen LogP contribution < -0.4 is 0 Å². The highest BCUT2D eigenvalue weighted by molar-refractivity contribution is 6.25. The Hall–Kier alpha value is -1.06. The van der Waals surface area contributed by atoms with Crippen LogP contribution in [0.25, 0.3) is 0 Å². The monoisotopic (exact) mass is 339 g/mol. The Morgan fingerprint density at radius 3 is 2.96 bits per heavy atom. The van der Waals surface area contributed by atoms with E-state index in [1.165, 1.54) is 37.9 Å². The zero-order valence-electron chi connectivity index (χ0n) is 15.8. The minimum atomic E-state index is -0.206. The van der Waals surface area contributed by atoms with E-state index in [9.17, 15) is 10.1 Å². The summed E-state index contributed by atoms with van der Waals surface area (Å²) in [6.07, 6.45) is 14.8. The fourth-order valence-corrected chi connectivity index (χ4v) is 5.30. The third kappa shape index (κ3) is 3.73. The highest BCUT2D eigenvalue weighted by Crippen LogP contribution is 2.56. The first-order valence-corrected chi connectivity index (χ1v) is 9.88. The lowest BCUT2D eigenvalue weighted by atomic mass is 9.61. The maximum absolute atomic E-state index is 9.94. The van der Waals surface area contributed by atoms with Crippen LogP contribution in [-0.4, -0.2) is 23.7 Å². The Labute approximate surface area is 153 Å². The molecule has 2 N–H and O–H groups in total. The van der Waals surface area contributed by atoms with Crippen molar-refractivity contribution in [3.63, 3.8) is 0 Å². The average molecular weight is 339 g/mol. The van der Waals surface area contributed by atoms with Crippen LogP contribution in [0.5, 0.6) is 0 Å². The van der Waals surface area contributed by atoms with Crippen molar-refractivity contribution in [1.82, 2.24) is 0 Å². The molecule has 0 amide bonds. The third-order valence-corrected chi connectivity index (χ3v) is 6.79. The van der Waals surface area contributed by atoms with Gasteiger partial charge in [-0.2, -0.15) is 0 Å². The number of aliphatic hydroxyl groups is 1. The molecule has 0 heterocycles. The molecule has 0 aliphatic heterocycles. The molecule has 0 bridgehead atoms. The summed E-state index contributed by atoms with van der Waals surface area (Å²) in [4.78, 5) is 0. The summed E-state index contributed by atoms with van der Waals surface area (Å²) in [7, 11) is 1.31. The van der Waals surface area contributed by atoms with Gasteiger partial charge in [0.15, 0.2) is 0 Å². The average Bonchev–Trinajstić information content (AvgIpc) is 2.93. The SMILES string of the molecule is C=C1CCC(O)CC1=CC=C1CCC[C@]2(C)C(C(C)C[B]O)=CCC12. The fraction of sp³-hybridized carbons (Fsp3) is 0.636. The molecular weight excluding hydrogens is 307 g/mol. The standard InChI is InChI=1S/C22H32BO2/c1-15-6-9-19(24)13-18(15)8-7-17-5-4-12-22(3)20(10-11-21(17)22)16(2)14-23-25/h7-8,10,16,19,21,24-25H,1,4-6,9,11-14H2,2-3H3/t16?,19?,21?,22-/m1/s1. The number of hydrogen-bond donors (Lipinski definition) is 2. The molecule has 3 aliphatic rings. The predicted molar refractivity (Wildman–Crippen MR) is 105 cm³/mol. The second kappa shape index (κ2) is 7.67. The lowest BCUT2D eigenvalue weighted by molar-refractivity contribution is 0.158. The lowest BCUT2D eigenvalue weighted by Crippen LogP contribution is -2.32. The van der Waals surface area contributed by atoms with Gasteiger partial charge in [-0.15, -0.1) is 0 Å².